The second-order valence-electron chi connectivity index (χ2n) is 5.88. The summed E-state index contributed by atoms with van der Waals surface area (Å²) >= 11 is 7.53. The van der Waals surface area contributed by atoms with Gasteiger partial charge in [-0.15, -0.1) is 11.8 Å². The zero-order valence-electron chi connectivity index (χ0n) is 14.5. The lowest BCUT2D eigenvalue weighted by atomic mass is 10.2. The fourth-order valence-corrected chi connectivity index (χ4v) is 3.55. The van der Waals surface area contributed by atoms with Crippen molar-refractivity contribution in [1.82, 2.24) is 5.32 Å². The van der Waals surface area contributed by atoms with Crippen LogP contribution in [0.2, 0.25) is 5.02 Å². The van der Waals surface area contributed by atoms with Crippen molar-refractivity contribution < 1.29 is 9.59 Å². The third kappa shape index (κ3) is 5.46. The summed E-state index contributed by atoms with van der Waals surface area (Å²) in [6.45, 7) is 0.363. The average Bonchev–Trinajstić information content (AvgIpc) is 2.72. The first-order valence-electron chi connectivity index (χ1n) is 8.46. The van der Waals surface area contributed by atoms with Crippen molar-refractivity contribution in [2.24, 2.45) is 0 Å². The first-order valence-corrected chi connectivity index (χ1v) is 9.82. The van der Waals surface area contributed by atoms with Gasteiger partial charge in [0.2, 0.25) is 0 Å². The van der Waals surface area contributed by atoms with Gasteiger partial charge in [0.15, 0.2) is 5.78 Å². The predicted molar refractivity (Wildman–Crippen MR) is 111 cm³/mol. The molecule has 0 saturated heterocycles. The Morgan fingerprint density at radius 2 is 1.56 bits per heavy atom. The minimum Gasteiger partial charge on any atom is -0.348 e. The quantitative estimate of drug-likeness (QED) is 0.439. The molecule has 0 unspecified atom stereocenters. The zero-order chi connectivity index (χ0) is 19.1. The van der Waals surface area contributed by atoms with E-state index < -0.39 is 0 Å². The number of Topliss-reactive ketones (excluding diaryl/α,β-unsaturated/α-hetero) is 1. The molecular formula is C22H18ClNO2S. The monoisotopic (exact) mass is 395 g/mol. The van der Waals surface area contributed by atoms with Crippen LogP contribution in [-0.4, -0.2) is 17.4 Å². The Bertz CT molecular complexity index is 944. The summed E-state index contributed by atoms with van der Waals surface area (Å²) in [6.07, 6.45) is 0. The zero-order valence-corrected chi connectivity index (χ0v) is 16.1. The highest BCUT2D eigenvalue weighted by atomic mass is 35.5. The van der Waals surface area contributed by atoms with Gasteiger partial charge in [0.1, 0.15) is 0 Å². The van der Waals surface area contributed by atoms with E-state index in [1.54, 1.807) is 18.2 Å². The lowest BCUT2D eigenvalue weighted by Gasteiger charge is -2.08. The van der Waals surface area contributed by atoms with Gasteiger partial charge in [0.05, 0.1) is 5.75 Å². The van der Waals surface area contributed by atoms with Crippen LogP contribution in [0.25, 0.3) is 0 Å². The van der Waals surface area contributed by atoms with Gasteiger partial charge < -0.3 is 5.32 Å². The van der Waals surface area contributed by atoms with E-state index in [2.05, 4.69) is 5.32 Å². The highest BCUT2D eigenvalue weighted by molar-refractivity contribution is 8.00. The number of hydrogen-bond acceptors (Lipinski definition) is 3. The molecule has 0 heterocycles. The number of ketones is 1. The molecule has 0 aliphatic heterocycles. The minimum atomic E-state index is -0.174. The van der Waals surface area contributed by atoms with Crippen LogP contribution in [0.3, 0.4) is 0 Å². The number of carbonyl (C=O) groups is 2. The molecule has 0 saturated carbocycles. The number of rotatable bonds is 7. The number of benzene rings is 3. The van der Waals surface area contributed by atoms with Crippen LogP contribution in [0.5, 0.6) is 0 Å². The van der Waals surface area contributed by atoms with Crippen LogP contribution in [0.4, 0.5) is 0 Å². The number of nitrogens with one attached hydrogen (secondary N) is 1. The molecule has 0 aromatic heterocycles. The molecule has 0 atom stereocenters. The van der Waals surface area contributed by atoms with Crippen LogP contribution in [0.15, 0.2) is 83.8 Å². The van der Waals surface area contributed by atoms with Crippen LogP contribution in [-0.2, 0) is 6.54 Å². The molecule has 3 nitrogen and oxygen atoms in total. The first-order chi connectivity index (χ1) is 13.1. The number of hydrogen-bond donors (Lipinski definition) is 1. The lowest BCUT2D eigenvalue weighted by molar-refractivity contribution is 0.0950. The Hall–Kier alpha value is -2.56. The third-order valence-electron chi connectivity index (χ3n) is 3.96. The standard InChI is InChI=1S/C22H18ClNO2S/c23-20-12-5-4-9-18(20)14-24-22(26)17-10-6-11-19(13-17)27-15-21(25)16-7-2-1-3-8-16/h1-13H,14-15H2,(H,24,26). The summed E-state index contributed by atoms with van der Waals surface area (Å²) in [7, 11) is 0. The van der Waals surface area contributed by atoms with E-state index in [-0.39, 0.29) is 11.7 Å². The molecule has 0 aliphatic carbocycles. The van der Waals surface area contributed by atoms with E-state index in [0.29, 0.717) is 28.4 Å². The molecule has 27 heavy (non-hydrogen) atoms. The van der Waals surface area contributed by atoms with Crippen molar-refractivity contribution in [2.45, 2.75) is 11.4 Å². The largest absolute Gasteiger partial charge is 0.348 e. The van der Waals surface area contributed by atoms with Gasteiger partial charge in [-0.1, -0.05) is 66.2 Å². The summed E-state index contributed by atoms with van der Waals surface area (Å²) in [4.78, 5) is 25.5. The molecule has 0 fully saturated rings. The molecule has 0 aliphatic rings. The molecule has 3 rings (SSSR count). The average molecular weight is 396 g/mol. The van der Waals surface area contributed by atoms with Gasteiger partial charge in [-0.25, -0.2) is 0 Å². The number of carbonyl (C=O) groups excluding carboxylic acids is 2. The van der Waals surface area contributed by atoms with Gasteiger partial charge in [0, 0.05) is 27.6 Å². The number of halogens is 1. The van der Waals surface area contributed by atoms with Crippen molar-refractivity contribution in [3.63, 3.8) is 0 Å². The first kappa shape index (κ1) is 19.2. The molecule has 0 radical (unpaired) electrons. The van der Waals surface area contributed by atoms with Gasteiger partial charge in [0.25, 0.3) is 5.91 Å². The van der Waals surface area contributed by atoms with Gasteiger partial charge in [-0.3, -0.25) is 9.59 Å². The Morgan fingerprint density at radius 3 is 2.33 bits per heavy atom. The molecule has 5 heteroatoms. The maximum absolute atomic E-state index is 12.4. The summed E-state index contributed by atoms with van der Waals surface area (Å²) in [5, 5.41) is 3.50. The molecule has 3 aromatic rings. The van der Waals surface area contributed by atoms with Crippen molar-refractivity contribution in [3.8, 4) is 0 Å². The normalized spacial score (nSPS) is 10.4. The van der Waals surface area contributed by atoms with E-state index in [1.807, 2.05) is 60.7 Å². The topological polar surface area (TPSA) is 46.2 Å². The smallest absolute Gasteiger partial charge is 0.251 e. The van der Waals surface area contributed by atoms with Crippen molar-refractivity contribution >= 4 is 35.1 Å². The Labute approximate surface area is 167 Å². The minimum absolute atomic E-state index is 0.0641. The second kappa shape index (κ2) is 9.40. The number of thioether (sulfide) groups is 1. The summed E-state index contributed by atoms with van der Waals surface area (Å²) < 4.78 is 0. The van der Waals surface area contributed by atoms with E-state index in [0.717, 1.165) is 10.5 Å². The maximum atomic E-state index is 12.4. The predicted octanol–water partition coefficient (Wildman–Crippen LogP) is 5.25. The Balaban J connectivity index is 1.59. The van der Waals surface area contributed by atoms with Crippen LogP contribution in [0.1, 0.15) is 26.3 Å². The maximum Gasteiger partial charge on any atom is 0.251 e. The molecule has 1 N–H and O–H groups in total. The summed E-state index contributed by atoms with van der Waals surface area (Å²) in [6, 6.07) is 23.9. The molecule has 3 aromatic carbocycles. The lowest BCUT2D eigenvalue weighted by Crippen LogP contribution is -2.22. The van der Waals surface area contributed by atoms with Crippen molar-refractivity contribution in [2.75, 3.05) is 5.75 Å². The molecule has 0 spiro atoms. The summed E-state index contributed by atoms with van der Waals surface area (Å²) in [5.41, 5.74) is 2.12. The van der Waals surface area contributed by atoms with E-state index >= 15 is 0 Å². The van der Waals surface area contributed by atoms with E-state index in [1.165, 1.54) is 11.8 Å². The van der Waals surface area contributed by atoms with E-state index in [9.17, 15) is 9.59 Å². The van der Waals surface area contributed by atoms with Crippen LogP contribution >= 0.6 is 23.4 Å². The van der Waals surface area contributed by atoms with Crippen molar-refractivity contribution in [3.05, 3.63) is 101 Å². The summed E-state index contributed by atoms with van der Waals surface area (Å²) in [5.74, 6) is 0.218. The Kier molecular flexibility index (Phi) is 6.69. The number of amides is 1. The van der Waals surface area contributed by atoms with Gasteiger partial charge in [-0.05, 0) is 29.8 Å². The van der Waals surface area contributed by atoms with Crippen LogP contribution in [0, 0.1) is 0 Å². The second-order valence-corrected chi connectivity index (χ2v) is 7.34. The molecular weight excluding hydrogens is 378 g/mol. The van der Waals surface area contributed by atoms with E-state index in [4.69, 9.17) is 11.6 Å². The Morgan fingerprint density at radius 1 is 0.852 bits per heavy atom. The fourth-order valence-electron chi connectivity index (χ4n) is 2.50. The SMILES string of the molecule is O=C(CSc1cccc(C(=O)NCc2ccccc2Cl)c1)c1ccccc1. The molecule has 0 bridgehead atoms. The van der Waals surface area contributed by atoms with Gasteiger partial charge >= 0.3 is 0 Å². The fraction of sp³-hybridized carbons (Fsp3) is 0.0909. The molecule has 1 amide bonds. The van der Waals surface area contributed by atoms with Crippen molar-refractivity contribution in [1.29, 1.82) is 0 Å². The highest BCUT2D eigenvalue weighted by Gasteiger charge is 2.10. The van der Waals surface area contributed by atoms with Crippen LogP contribution < -0.4 is 5.32 Å². The third-order valence-corrected chi connectivity index (χ3v) is 5.32. The van der Waals surface area contributed by atoms with Gasteiger partial charge in [-0.2, -0.15) is 0 Å². The highest BCUT2D eigenvalue weighted by Crippen LogP contribution is 2.21. The molecule has 136 valence electrons.